The summed E-state index contributed by atoms with van der Waals surface area (Å²) >= 11 is 0. The van der Waals surface area contributed by atoms with E-state index in [0.717, 1.165) is 0 Å². The van der Waals surface area contributed by atoms with E-state index in [4.69, 9.17) is 4.52 Å². The van der Waals surface area contributed by atoms with Crippen molar-refractivity contribution in [2.45, 2.75) is 13.8 Å². The third-order valence-corrected chi connectivity index (χ3v) is 2.56. The van der Waals surface area contributed by atoms with Gasteiger partial charge in [0.05, 0.1) is 23.8 Å². The van der Waals surface area contributed by atoms with Crippen LogP contribution in [0.25, 0.3) is 0 Å². The number of amides is 1. The molecule has 0 saturated heterocycles. The molecule has 7 nitrogen and oxygen atoms in total. The van der Waals surface area contributed by atoms with Gasteiger partial charge in [-0.25, -0.2) is 9.97 Å². The summed E-state index contributed by atoms with van der Waals surface area (Å²) in [5.41, 5.74) is 1.52. The molecule has 0 fully saturated rings. The fourth-order valence-corrected chi connectivity index (χ4v) is 1.62. The molecule has 0 spiro atoms. The van der Waals surface area contributed by atoms with Crippen LogP contribution in [0.4, 0.5) is 11.6 Å². The van der Waals surface area contributed by atoms with Crippen LogP contribution in [0.5, 0.6) is 0 Å². The summed E-state index contributed by atoms with van der Waals surface area (Å²) in [4.78, 5) is 22.1. The molecule has 0 aliphatic heterocycles. The second-order valence-corrected chi connectivity index (χ2v) is 4.32. The predicted molar refractivity (Wildman–Crippen MR) is 70.3 cm³/mol. The van der Waals surface area contributed by atoms with Crippen molar-refractivity contribution in [2.75, 3.05) is 24.3 Å². The molecule has 0 radical (unpaired) electrons. The van der Waals surface area contributed by atoms with Crippen LogP contribution in [0.2, 0.25) is 0 Å². The number of carbonyl (C=O) groups is 1. The van der Waals surface area contributed by atoms with Crippen LogP contribution in [-0.4, -0.2) is 35.1 Å². The quantitative estimate of drug-likeness (QED) is 0.899. The SMILES string of the molecule is Cc1noc(C)c1C(=O)Nc1cnc(N(C)C)nc1. The maximum atomic E-state index is 12.1. The summed E-state index contributed by atoms with van der Waals surface area (Å²) < 4.78 is 4.96. The Hall–Kier alpha value is -2.44. The Morgan fingerprint density at radius 3 is 2.37 bits per heavy atom. The third kappa shape index (κ3) is 2.70. The summed E-state index contributed by atoms with van der Waals surface area (Å²) in [7, 11) is 3.69. The van der Waals surface area contributed by atoms with Gasteiger partial charge in [0.2, 0.25) is 5.95 Å². The van der Waals surface area contributed by atoms with Crippen LogP contribution in [0.1, 0.15) is 21.8 Å². The molecule has 0 aromatic carbocycles. The molecule has 2 heterocycles. The first kappa shape index (κ1) is 13.0. The second kappa shape index (κ2) is 5.05. The van der Waals surface area contributed by atoms with Gasteiger partial charge in [-0.1, -0.05) is 5.16 Å². The third-order valence-electron chi connectivity index (χ3n) is 2.56. The van der Waals surface area contributed by atoms with E-state index in [2.05, 4.69) is 20.4 Å². The summed E-state index contributed by atoms with van der Waals surface area (Å²) in [6.45, 7) is 3.41. The van der Waals surface area contributed by atoms with Gasteiger partial charge < -0.3 is 14.7 Å². The van der Waals surface area contributed by atoms with Gasteiger partial charge in [0.15, 0.2) is 0 Å². The molecule has 1 N–H and O–H groups in total. The van der Waals surface area contributed by atoms with Crippen LogP contribution < -0.4 is 10.2 Å². The number of nitrogens with one attached hydrogen (secondary N) is 1. The molecular weight excluding hydrogens is 246 g/mol. The fourth-order valence-electron chi connectivity index (χ4n) is 1.62. The molecule has 0 saturated carbocycles. The lowest BCUT2D eigenvalue weighted by molar-refractivity contribution is 0.102. The van der Waals surface area contributed by atoms with Gasteiger partial charge in [-0.05, 0) is 13.8 Å². The molecular formula is C12H15N5O2. The van der Waals surface area contributed by atoms with Gasteiger partial charge in [0.1, 0.15) is 11.3 Å². The molecule has 0 aliphatic rings. The van der Waals surface area contributed by atoms with E-state index in [-0.39, 0.29) is 5.91 Å². The van der Waals surface area contributed by atoms with Crippen molar-refractivity contribution >= 4 is 17.5 Å². The van der Waals surface area contributed by atoms with Crippen LogP contribution >= 0.6 is 0 Å². The maximum Gasteiger partial charge on any atom is 0.261 e. The first-order chi connectivity index (χ1) is 8.99. The van der Waals surface area contributed by atoms with E-state index in [1.807, 2.05) is 14.1 Å². The number of carbonyl (C=O) groups excluding carboxylic acids is 1. The van der Waals surface area contributed by atoms with Crippen LogP contribution in [-0.2, 0) is 0 Å². The van der Waals surface area contributed by atoms with Crippen molar-refractivity contribution in [1.82, 2.24) is 15.1 Å². The van der Waals surface area contributed by atoms with E-state index in [0.29, 0.717) is 28.7 Å². The Kier molecular flexibility index (Phi) is 3.46. The van der Waals surface area contributed by atoms with Gasteiger partial charge in [0.25, 0.3) is 5.91 Å². The van der Waals surface area contributed by atoms with Gasteiger partial charge >= 0.3 is 0 Å². The number of rotatable bonds is 3. The first-order valence-electron chi connectivity index (χ1n) is 5.72. The van der Waals surface area contributed by atoms with Gasteiger partial charge in [-0.15, -0.1) is 0 Å². The van der Waals surface area contributed by atoms with Crippen molar-refractivity contribution < 1.29 is 9.32 Å². The average molecular weight is 261 g/mol. The number of hydrogen-bond donors (Lipinski definition) is 1. The fraction of sp³-hybridized carbons (Fsp3) is 0.333. The lowest BCUT2D eigenvalue weighted by Crippen LogP contribution is -2.16. The molecule has 1 amide bonds. The minimum absolute atomic E-state index is 0.280. The number of nitrogens with zero attached hydrogens (tertiary/aromatic N) is 4. The topological polar surface area (TPSA) is 84.2 Å². The number of aryl methyl sites for hydroxylation is 2. The molecule has 2 aromatic rings. The molecule has 0 unspecified atom stereocenters. The average Bonchev–Trinajstić information content (AvgIpc) is 2.69. The molecule has 19 heavy (non-hydrogen) atoms. The number of anilines is 2. The zero-order valence-corrected chi connectivity index (χ0v) is 11.3. The zero-order valence-electron chi connectivity index (χ0n) is 11.3. The minimum Gasteiger partial charge on any atom is -0.361 e. The van der Waals surface area contributed by atoms with Crippen molar-refractivity contribution in [2.24, 2.45) is 0 Å². The Morgan fingerprint density at radius 1 is 1.26 bits per heavy atom. The van der Waals surface area contributed by atoms with Crippen molar-refractivity contribution in [3.63, 3.8) is 0 Å². The Morgan fingerprint density at radius 2 is 1.89 bits per heavy atom. The monoisotopic (exact) mass is 261 g/mol. The number of aromatic nitrogens is 3. The van der Waals surface area contributed by atoms with E-state index in [1.54, 1.807) is 31.1 Å². The van der Waals surface area contributed by atoms with Crippen molar-refractivity contribution in [3.8, 4) is 0 Å². The first-order valence-corrected chi connectivity index (χ1v) is 5.72. The molecule has 0 aliphatic carbocycles. The molecule has 7 heteroatoms. The van der Waals surface area contributed by atoms with Crippen molar-refractivity contribution in [3.05, 3.63) is 29.4 Å². The van der Waals surface area contributed by atoms with E-state index in [1.165, 1.54) is 0 Å². The van der Waals surface area contributed by atoms with Gasteiger partial charge in [-0.2, -0.15) is 0 Å². The largest absolute Gasteiger partial charge is 0.361 e. The van der Waals surface area contributed by atoms with E-state index < -0.39 is 0 Å². The molecule has 0 bridgehead atoms. The second-order valence-electron chi connectivity index (χ2n) is 4.32. The standard InChI is InChI=1S/C12H15N5O2/c1-7-10(8(2)19-16-7)11(18)15-9-5-13-12(14-6-9)17(3)4/h5-6H,1-4H3,(H,15,18). The maximum absolute atomic E-state index is 12.1. The highest BCUT2D eigenvalue weighted by molar-refractivity contribution is 6.05. The van der Waals surface area contributed by atoms with Crippen LogP contribution in [0, 0.1) is 13.8 Å². The summed E-state index contributed by atoms with van der Waals surface area (Å²) in [6.07, 6.45) is 3.11. The highest BCUT2D eigenvalue weighted by Gasteiger charge is 2.17. The van der Waals surface area contributed by atoms with Crippen LogP contribution in [0.15, 0.2) is 16.9 Å². The number of hydrogen-bond acceptors (Lipinski definition) is 6. The van der Waals surface area contributed by atoms with Gasteiger partial charge in [0, 0.05) is 14.1 Å². The smallest absolute Gasteiger partial charge is 0.261 e. The summed E-state index contributed by atoms with van der Waals surface area (Å²) in [5.74, 6) is 0.786. The highest BCUT2D eigenvalue weighted by Crippen LogP contribution is 2.15. The zero-order chi connectivity index (χ0) is 14.0. The Labute approximate surface area is 110 Å². The highest BCUT2D eigenvalue weighted by atomic mass is 16.5. The summed E-state index contributed by atoms with van der Waals surface area (Å²) in [6, 6.07) is 0. The summed E-state index contributed by atoms with van der Waals surface area (Å²) in [5, 5.41) is 6.45. The lowest BCUT2D eigenvalue weighted by Gasteiger charge is -2.10. The molecule has 2 rings (SSSR count). The predicted octanol–water partition coefficient (Wildman–Crippen LogP) is 1.40. The molecule has 2 aromatic heterocycles. The van der Waals surface area contributed by atoms with Crippen LogP contribution in [0.3, 0.4) is 0 Å². The lowest BCUT2D eigenvalue weighted by atomic mass is 10.2. The van der Waals surface area contributed by atoms with Gasteiger partial charge in [-0.3, -0.25) is 4.79 Å². The Balaban J connectivity index is 2.15. The Bertz CT molecular complexity index is 569. The van der Waals surface area contributed by atoms with E-state index >= 15 is 0 Å². The van der Waals surface area contributed by atoms with Crippen molar-refractivity contribution in [1.29, 1.82) is 0 Å². The normalized spacial score (nSPS) is 10.3. The minimum atomic E-state index is -0.280. The molecule has 100 valence electrons. The van der Waals surface area contributed by atoms with E-state index in [9.17, 15) is 4.79 Å². The molecule has 0 atom stereocenters.